The summed E-state index contributed by atoms with van der Waals surface area (Å²) in [6.07, 6.45) is 1.25. The quantitative estimate of drug-likeness (QED) is 0.661. The van der Waals surface area contributed by atoms with Crippen molar-refractivity contribution in [3.63, 3.8) is 0 Å². The highest BCUT2D eigenvalue weighted by Crippen LogP contribution is 2.22. The molecule has 0 saturated carbocycles. The van der Waals surface area contributed by atoms with Gasteiger partial charge in [0.25, 0.3) is 0 Å². The number of hydrogen-bond donors (Lipinski definition) is 1. The minimum Gasteiger partial charge on any atom is -0.378 e. The van der Waals surface area contributed by atoms with E-state index in [-0.39, 0.29) is 0 Å². The van der Waals surface area contributed by atoms with Crippen LogP contribution in [0, 0.1) is 0 Å². The molecule has 0 atom stereocenters. The monoisotopic (exact) mass is 398 g/mol. The molecule has 1 aliphatic heterocycles. The van der Waals surface area contributed by atoms with E-state index in [2.05, 4.69) is 34.0 Å². The molecule has 0 radical (unpaired) electrons. The SMILES string of the molecule is CC.CCC.Clc1ccc(Nc2cc(Cl)nc(N3CCOCC3)n2)cc1. The molecule has 0 spiro atoms. The molecule has 3 rings (SSSR count). The van der Waals surface area contributed by atoms with E-state index in [1.807, 2.05) is 38.1 Å². The van der Waals surface area contributed by atoms with Crippen LogP contribution >= 0.6 is 23.2 Å². The average Bonchev–Trinajstić information content (AvgIpc) is 2.66. The predicted octanol–water partition coefficient (Wildman–Crippen LogP) is 5.81. The molecule has 1 fully saturated rings. The van der Waals surface area contributed by atoms with Crippen LogP contribution in [0.4, 0.5) is 17.5 Å². The highest BCUT2D eigenvalue weighted by Gasteiger charge is 2.15. The van der Waals surface area contributed by atoms with Crippen LogP contribution in [0.25, 0.3) is 0 Å². The summed E-state index contributed by atoms with van der Waals surface area (Å²) in [5.74, 6) is 1.26. The maximum Gasteiger partial charge on any atom is 0.228 e. The molecule has 5 nitrogen and oxygen atoms in total. The van der Waals surface area contributed by atoms with E-state index < -0.39 is 0 Å². The van der Waals surface area contributed by atoms with Crippen LogP contribution in [-0.2, 0) is 4.74 Å². The summed E-state index contributed by atoms with van der Waals surface area (Å²) < 4.78 is 5.33. The van der Waals surface area contributed by atoms with Gasteiger partial charge in [-0.15, -0.1) is 0 Å². The number of anilines is 3. The molecule has 1 N–H and O–H groups in total. The second-order valence-electron chi connectivity index (χ2n) is 5.31. The Hall–Kier alpha value is -1.56. The van der Waals surface area contributed by atoms with E-state index in [4.69, 9.17) is 27.9 Å². The molecular weight excluding hydrogens is 371 g/mol. The molecule has 0 aliphatic carbocycles. The zero-order valence-electron chi connectivity index (χ0n) is 15.9. The van der Waals surface area contributed by atoms with Crippen molar-refractivity contribution in [3.05, 3.63) is 40.5 Å². The molecule has 7 heteroatoms. The molecule has 0 unspecified atom stereocenters. The first-order valence-corrected chi connectivity index (χ1v) is 9.77. The number of ether oxygens (including phenoxy) is 1. The van der Waals surface area contributed by atoms with Crippen molar-refractivity contribution in [1.29, 1.82) is 0 Å². The van der Waals surface area contributed by atoms with Gasteiger partial charge in [-0.05, 0) is 24.3 Å². The predicted molar refractivity (Wildman–Crippen MR) is 112 cm³/mol. The van der Waals surface area contributed by atoms with Crippen molar-refractivity contribution in [2.45, 2.75) is 34.1 Å². The Balaban J connectivity index is 0.000000615. The van der Waals surface area contributed by atoms with E-state index in [1.54, 1.807) is 6.07 Å². The summed E-state index contributed by atoms with van der Waals surface area (Å²) in [7, 11) is 0. The Morgan fingerprint density at radius 2 is 1.62 bits per heavy atom. The second-order valence-corrected chi connectivity index (χ2v) is 6.14. The first-order chi connectivity index (χ1) is 12.6. The zero-order valence-corrected chi connectivity index (χ0v) is 17.4. The molecule has 1 saturated heterocycles. The average molecular weight is 399 g/mol. The summed E-state index contributed by atoms with van der Waals surface area (Å²) in [5, 5.41) is 4.29. The second kappa shape index (κ2) is 12.7. The largest absolute Gasteiger partial charge is 0.378 e. The van der Waals surface area contributed by atoms with Gasteiger partial charge in [0.05, 0.1) is 13.2 Å². The number of benzene rings is 1. The van der Waals surface area contributed by atoms with Gasteiger partial charge in [0, 0.05) is 29.9 Å². The lowest BCUT2D eigenvalue weighted by Crippen LogP contribution is -2.37. The maximum absolute atomic E-state index is 6.09. The Morgan fingerprint density at radius 3 is 2.19 bits per heavy atom. The number of rotatable bonds is 3. The first kappa shape index (κ1) is 22.5. The topological polar surface area (TPSA) is 50.3 Å². The minimum absolute atomic E-state index is 0.406. The van der Waals surface area contributed by atoms with Crippen LogP contribution in [0.5, 0.6) is 0 Å². The Kier molecular flexibility index (Phi) is 11.0. The van der Waals surface area contributed by atoms with Gasteiger partial charge in [0.15, 0.2) is 0 Å². The number of morpholine rings is 1. The van der Waals surface area contributed by atoms with Crippen molar-refractivity contribution in [2.75, 3.05) is 36.5 Å². The van der Waals surface area contributed by atoms with E-state index in [0.717, 1.165) is 18.8 Å². The van der Waals surface area contributed by atoms with E-state index >= 15 is 0 Å². The van der Waals surface area contributed by atoms with E-state index in [9.17, 15) is 0 Å². The van der Waals surface area contributed by atoms with Gasteiger partial charge in [-0.1, -0.05) is 57.3 Å². The third kappa shape index (κ3) is 7.77. The normalized spacial score (nSPS) is 13.1. The number of hydrogen-bond acceptors (Lipinski definition) is 5. The lowest BCUT2D eigenvalue weighted by Gasteiger charge is -2.27. The van der Waals surface area contributed by atoms with Crippen LogP contribution in [0.3, 0.4) is 0 Å². The highest BCUT2D eigenvalue weighted by molar-refractivity contribution is 6.30. The Labute approximate surface area is 166 Å². The van der Waals surface area contributed by atoms with Gasteiger partial charge in [-0.25, -0.2) is 4.98 Å². The van der Waals surface area contributed by atoms with Crippen LogP contribution in [0.1, 0.15) is 34.1 Å². The molecule has 26 heavy (non-hydrogen) atoms. The van der Waals surface area contributed by atoms with Gasteiger partial charge < -0.3 is 15.0 Å². The minimum atomic E-state index is 0.406. The van der Waals surface area contributed by atoms with Crippen LogP contribution in [-0.4, -0.2) is 36.3 Å². The number of nitrogens with one attached hydrogen (secondary N) is 1. The third-order valence-electron chi connectivity index (χ3n) is 3.09. The van der Waals surface area contributed by atoms with Gasteiger partial charge in [0.1, 0.15) is 11.0 Å². The van der Waals surface area contributed by atoms with Crippen LogP contribution in [0.2, 0.25) is 10.2 Å². The van der Waals surface area contributed by atoms with Crippen molar-refractivity contribution in [3.8, 4) is 0 Å². The summed E-state index contributed by atoms with van der Waals surface area (Å²) in [6.45, 7) is 11.1. The Bertz CT molecular complexity index is 632. The van der Waals surface area contributed by atoms with Crippen molar-refractivity contribution < 1.29 is 4.74 Å². The smallest absolute Gasteiger partial charge is 0.228 e. The van der Waals surface area contributed by atoms with Crippen LogP contribution < -0.4 is 10.2 Å². The van der Waals surface area contributed by atoms with Crippen molar-refractivity contribution >= 4 is 40.7 Å². The lowest BCUT2D eigenvalue weighted by molar-refractivity contribution is 0.122. The van der Waals surface area contributed by atoms with E-state index in [1.165, 1.54) is 6.42 Å². The summed E-state index contributed by atoms with van der Waals surface area (Å²) in [6, 6.07) is 9.09. The van der Waals surface area contributed by atoms with Crippen LogP contribution in [0.15, 0.2) is 30.3 Å². The fourth-order valence-corrected chi connectivity index (χ4v) is 2.36. The number of aromatic nitrogens is 2. The van der Waals surface area contributed by atoms with Crippen molar-refractivity contribution in [1.82, 2.24) is 9.97 Å². The fourth-order valence-electron chi connectivity index (χ4n) is 2.06. The highest BCUT2D eigenvalue weighted by atomic mass is 35.5. The number of nitrogens with zero attached hydrogens (tertiary/aromatic N) is 3. The molecule has 1 aliphatic rings. The maximum atomic E-state index is 6.09. The third-order valence-corrected chi connectivity index (χ3v) is 3.54. The van der Waals surface area contributed by atoms with Gasteiger partial charge in [0.2, 0.25) is 5.95 Å². The van der Waals surface area contributed by atoms with E-state index in [0.29, 0.717) is 35.2 Å². The lowest BCUT2D eigenvalue weighted by atomic mass is 10.3. The molecule has 2 aromatic rings. The zero-order chi connectivity index (χ0) is 19.4. The molecule has 144 valence electrons. The molecule has 0 bridgehead atoms. The Morgan fingerprint density at radius 1 is 1.04 bits per heavy atom. The molecule has 1 aromatic carbocycles. The summed E-state index contributed by atoms with van der Waals surface area (Å²) in [4.78, 5) is 10.8. The molecule has 1 aromatic heterocycles. The molecule has 0 amide bonds. The summed E-state index contributed by atoms with van der Waals surface area (Å²) in [5.41, 5.74) is 0.891. The molecule has 2 heterocycles. The fraction of sp³-hybridized carbons (Fsp3) is 0.474. The summed E-state index contributed by atoms with van der Waals surface area (Å²) >= 11 is 12.0. The standard InChI is InChI=1S/C14H14Cl2N4O.C3H8.C2H6/c15-10-1-3-11(4-2-10)17-13-9-12(16)18-14(19-13)20-5-7-21-8-6-20;1-3-2;1-2/h1-4,9H,5-8H2,(H,17,18,19);3H2,1-2H3;1-2H3. The molecular formula is C19H28Cl2N4O. The van der Waals surface area contributed by atoms with Crippen molar-refractivity contribution in [2.24, 2.45) is 0 Å². The van der Waals surface area contributed by atoms with Gasteiger partial charge >= 0.3 is 0 Å². The number of halogens is 2. The van der Waals surface area contributed by atoms with Gasteiger partial charge in [-0.3, -0.25) is 0 Å². The first-order valence-electron chi connectivity index (χ1n) is 9.02. The van der Waals surface area contributed by atoms with Gasteiger partial charge in [-0.2, -0.15) is 4.98 Å².